The minimum absolute atomic E-state index is 0.154. The van der Waals surface area contributed by atoms with Crippen LogP contribution in [0.3, 0.4) is 0 Å². The van der Waals surface area contributed by atoms with Crippen LogP contribution in [0.5, 0.6) is 0 Å². The van der Waals surface area contributed by atoms with Crippen LogP contribution < -0.4 is 11.1 Å². The van der Waals surface area contributed by atoms with Crippen LogP contribution in [0.25, 0.3) is 0 Å². The van der Waals surface area contributed by atoms with Crippen molar-refractivity contribution in [3.8, 4) is 0 Å². The van der Waals surface area contributed by atoms with E-state index in [4.69, 9.17) is 19.9 Å². The van der Waals surface area contributed by atoms with Gasteiger partial charge in [0.25, 0.3) is 0 Å². The lowest BCUT2D eigenvalue weighted by Gasteiger charge is -2.72. The Hall–Kier alpha value is -1.05. The maximum atomic E-state index is 11.0. The SMILES string of the molecule is COC1N=C(N)NC23C(O)C4OC(O)(OC(C4O)C12)C3(O)CO. The van der Waals surface area contributed by atoms with E-state index < -0.39 is 60.3 Å². The highest BCUT2D eigenvalue weighted by atomic mass is 16.9. The fourth-order valence-corrected chi connectivity index (χ4v) is 4.49. The Labute approximate surface area is 130 Å². The second-order valence-corrected chi connectivity index (χ2v) is 6.36. The molecular weight excluding hydrogens is 314 g/mol. The maximum absolute atomic E-state index is 11.0. The van der Waals surface area contributed by atoms with Crippen LogP contribution in [-0.4, -0.2) is 93.0 Å². The molecule has 0 aromatic carbocycles. The molecule has 23 heavy (non-hydrogen) atoms. The first-order chi connectivity index (χ1) is 10.8. The molecule has 3 saturated heterocycles. The quantitative estimate of drug-likeness (QED) is 0.259. The van der Waals surface area contributed by atoms with Gasteiger partial charge in [0.15, 0.2) is 17.8 Å². The number of ether oxygens (including phenoxy) is 3. The predicted octanol–water partition coefficient (Wildman–Crippen LogP) is -4.87. The van der Waals surface area contributed by atoms with Gasteiger partial charge in [0, 0.05) is 7.11 Å². The minimum Gasteiger partial charge on any atom is -0.393 e. The standard InChI is InChI=1S/C12H19N3O8/c1-21-8-3-5-4(17)6-7(18)11(3,15-9(13)14-8)10(19,2-16)12(20,22-5)23-6/h3-8,16-20H,2H2,1H3,(H3,13,14,15). The number of nitrogens with zero attached hydrogens (tertiary/aromatic N) is 1. The highest BCUT2D eigenvalue weighted by Gasteiger charge is 2.85. The van der Waals surface area contributed by atoms with Crippen LogP contribution in [0.4, 0.5) is 0 Å². The summed E-state index contributed by atoms with van der Waals surface area (Å²) in [4.78, 5) is 4.04. The monoisotopic (exact) mass is 333 g/mol. The summed E-state index contributed by atoms with van der Waals surface area (Å²) in [6.07, 6.45) is -6.11. The van der Waals surface area contributed by atoms with Gasteiger partial charge in [-0.1, -0.05) is 0 Å². The van der Waals surface area contributed by atoms with Gasteiger partial charge in [0.05, 0.1) is 12.5 Å². The third-order valence-electron chi connectivity index (χ3n) is 5.51. The Morgan fingerprint density at radius 1 is 1.30 bits per heavy atom. The van der Waals surface area contributed by atoms with Crippen LogP contribution in [0.15, 0.2) is 4.99 Å². The first-order valence-electron chi connectivity index (χ1n) is 7.17. The summed E-state index contributed by atoms with van der Waals surface area (Å²) in [5, 5.41) is 55.2. The van der Waals surface area contributed by atoms with Gasteiger partial charge in [0.1, 0.15) is 30.0 Å². The van der Waals surface area contributed by atoms with Gasteiger partial charge < -0.3 is 50.8 Å². The van der Waals surface area contributed by atoms with E-state index >= 15 is 0 Å². The molecule has 4 bridgehead atoms. The molecule has 5 aliphatic rings. The third-order valence-corrected chi connectivity index (χ3v) is 5.51. The summed E-state index contributed by atoms with van der Waals surface area (Å²) < 4.78 is 15.7. The molecule has 0 radical (unpaired) electrons. The highest BCUT2D eigenvalue weighted by Crippen LogP contribution is 2.60. The van der Waals surface area contributed by atoms with Crippen molar-refractivity contribution in [3.63, 3.8) is 0 Å². The van der Waals surface area contributed by atoms with Crippen molar-refractivity contribution >= 4 is 5.96 Å². The van der Waals surface area contributed by atoms with Crippen LogP contribution in [0.1, 0.15) is 0 Å². The average molecular weight is 333 g/mol. The van der Waals surface area contributed by atoms with E-state index in [9.17, 15) is 25.5 Å². The smallest absolute Gasteiger partial charge is 0.316 e. The molecule has 9 unspecified atom stereocenters. The van der Waals surface area contributed by atoms with E-state index in [0.29, 0.717) is 0 Å². The first-order valence-corrected chi connectivity index (χ1v) is 7.17. The van der Waals surface area contributed by atoms with Crippen LogP contribution in [0, 0.1) is 5.92 Å². The predicted molar refractivity (Wildman–Crippen MR) is 70.5 cm³/mol. The number of guanidine groups is 1. The van der Waals surface area contributed by atoms with E-state index in [1.807, 2.05) is 0 Å². The minimum atomic E-state index is -2.63. The van der Waals surface area contributed by atoms with E-state index in [1.165, 1.54) is 7.11 Å². The van der Waals surface area contributed by atoms with E-state index in [2.05, 4.69) is 10.3 Å². The van der Waals surface area contributed by atoms with Gasteiger partial charge in [-0.15, -0.1) is 0 Å². The Morgan fingerprint density at radius 3 is 2.57 bits per heavy atom. The zero-order valence-electron chi connectivity index (χ0n) is 12.2. The Balaban J connectivity index is 1.98. The molecule has 4 fully saturated rings. The molecule has 4 heterocycles. The normalized spacial score (nSPS) is 60.2. The Morgan fingerprint density at radius 2 is 1.96 bits per heavy atom. The second-order valence-electron chi connectivity index (χ2n) is 6.36. The molecule has 5 rings (SSSR count). The van der Waals surface area contributed by atoms with E-state index in [0.717, 1.165) is 0 Å². The number of nitrogens with one attached hydrogen (secondary N) is 1. The van der Waals surface area contributed by atoms with Crippen molar-refractivity contribution in [1.82, 2.24) is 5.32 Å². The molecule has 8 N–H and O–H groups in total. The Kier molecular flexibility index (Phi) is 2.90. The second kappa shape index (κ2) is 4.32. The lowest BCUT2D eigenvalue weighted by Crippen LogP contribution is -2.97. The number of hydrogen-bond donors (Lipinski definition) is 7. The molecule has 11 nitrogen and oxygen atoms in total. The zero-order valence-corrected chi connectivity index (χ0v) is 12.2. The molecule has 1 aliphatic carbocycles. The maximum Gasteiger partial charge on any atom is 0.316 e. The number of rotatable bonds is 2. The zero-order chi connectivity index (χ0) is 16.8. The topological polar surface area (TPSA) is 179 Å². The van der Waals surface area contributed by atoms with Crippen LogP contribution in [0.2, 0.25) is 0 Å². The molecular formula is C12H19N3O8. The van der Waals surface area contributed by atoms with Crippen LogP contribution >= 0.6 is 0 Å². The number of aliphatic hydroxyl groups excluding tert-OH is 3. The summed E-state index contributed by atoms with van der Waals surface area (Å²) in [6, 6.07) is 0. The van der Waals surface area contributed by atoms with Gasteiger partial charge in [0.2, 0.25) is 0 Å². The molecule has 0 aromatic heterocycles. The molecule has 0 amide bonds. The third kappa shape index (κ3) is 1.41. The van der Waals surface area contributed by atoms with Gasteiger partial charge in [-0.05, 0) is 0 Å². The average Bonchev–Trinajstić information content (AvgIpc) is 2.52. The van der Waals surface area contributed by atoms with Crippen molar-refractivity contribution in [1.29, 1.82) is 0 Å². The van der Waals surface area contributed by atoms with Crippen molar-refractivity contribution in [2.45, 2.75) is 47.8 Å². The van der Waals surface area contributed by atoms with E-state index in [-0.39, 0.29) is 5.96 Å². The summed E-state index contributed by atoms with van der Waals surface area (Å²) in [7, 11) is 1.34. The number of aliphatic imine (C=N–C) groups is 1. The largest absolute Gasteiger partial charge is 0.393 e. The fraction of sp³-hybridized carbons (Fsp3) is 0.917. The molecule has 1 spiro atoms. The van der Waals surface area contributed by atoms with Gasteiger partial charge >= 0.3 is 5.97 Å². The van der Waals surface area contributed by atoms with Crippen LogP contribution in [-0.2, 0) is 14.2 Å². The molecule has 9 atom stereocenters. The Bertz CT molecular complexity index is 577. The molecule has 11 heteroatoms. The summed E-state index contributed by atoms with van der Waals surface area (Å²) in [6.45, 7) is -1.01. The summed E-state index contributed by atoms with van der Waals surface area (Å²) in [5.41, 5.74) is 1.48. The van der Waals surface area contributed by atoms with Crippen molar-refractivity contribution in [2.75, 3.05) is 13.7 Å². The number of nitrogens with two attached hydrogens (primary N) is 1. The van der Waals surface area contributed by atoms with Gasteiger partial charge in [-0.3, -0.25) is 0 Å². The number of aliphatic hydroxyl groups is 5. The molecule has 4 aliphatic heterocycles. The fourth-order valence-electron chi connectivity index (χ4n) is 4.49. The first kappa shape index (κ1) is 15.5. The summed E-state index contributed by atoms with van der Waals surface area (Å²) >= 11 is 0. The van der Waals surface area contributed by atoms with Crippen molar-refractivity contribution < 1.29 is 39.7 Å². The number of hydrogen-bond acceptors (Lipinski definition) is 11. The molecule has 1 saturated carbocycles. The van der Waals surface area contributed by atoms with Crippen molar-refractivity contribution in [2.24, 2.45) is 16.6 Å². The number of methoxy groups -OCH3 is 1. The lowest BCUT2D eigenvalue weighted by molar-refractivity contribution is -0.560. The highest BCUT2D eigenvalue weighted by molar-refractivity contribution is 5.80. The molecule has 130 valence electrons. The van der Waals surface area contributed by atoms with Gasteiger partial charge in [-0.2, -0.15) is 0 Å². The van der Waals surface area contributed by atoms with Gasteiger partial charge in [-0.25, -0.2) is 4.99 Å². The summed E-state index contributed by atoms with van der Waals surface area (Å²) in [5.74, 6) is -3.73. The lowest BCUT2D eigenvalue weighted by atomic mass is 9.54. The molecule has 0 aromatic rings. The van der Waals surface area contributed by atoms with E-state index in [1.54, 1.807) is 0 Å². The van der Waals surface area contributed by atoms with Crippen molar-refractivity contribution in [3.05, 3.63) is 0 Å².